The van der Waals surface area contributed by atoms with Crippen molar-refractivity contribution in [2.45, 2.75) is 19.4 Å². The number of ether oxygens (including phenoxy) is 1. The summed E-state index contributed by atoms with van der Waals surface area (Å²) >= 11 is 0. The molecule has 0 N–H and O–H groups in total. The molecule has 1 aliphatic heterocycles. The van der Waals surface area contributed by atoms with Crippen molar-refractivity contribution in [2.24, 2.45) is 0 Å². The lowest BCUT2D eigenvalue weighted by Crippen LogP contribution is -2.40. The number of amides is 1. The standard InChI is InChI=1S/C19H22N2O4S/c1-3-21(17-10-11-26(23,24)13-17)19(22)15-6-4-14(5-7-15)16-8-9-18(25-2)20-12-16/h4-9,12,17H,3,10-11,13H2,1-2H3. The lowest BCUT2D eigenvalue weighted by atomic mass is 10.0. The smallest absolute Gasteiger partial charge is 0.254 e. The van der Waals surface area contributed by atoms with Gasteiger partial charge in [-0.1, -0.05) is 12.1 Å². The van der Waals surface area contributed by atoms with Crippen molar-refractivity contribution in [1.82, 2.24) is 9.88 Å². The van der Waals surface area contributed by atoms with Crippen LogP contribution in [-0.4, -0.2) is 55.4 Å². The van der Waals surface area contributed by atoms with Crippen molar-refractivity contribution in [2.75, 3.05) is 25.2 Å². The first-order chi connectivity index (χ1) is 12.4. The molecule has 3 rings (SSSR count). The molecular weight excluding hydrogens is 352 g/mol. The molecule has 2 aromatic rings. The predicted molar refractivity (Wildman–Crippen MR) is 100.0 cm³/mol. The van der Waals surface area contributed by atoms with Gasteiger partial charge in [-0.25, -0.2) is 13.4 Å². The Morgan fingerprint density at radius 1 is 1.19 bits per heavy atom. The summed E-state index contributed by atoms with van der Waals surface area (Å²) in [6.07, 6.45) is 2.23. The Labute approximate surface area is 153 Å². The number of sulfone groups is 1. The van der Waals surface area contributed by atoms with Gasteiger partial charge in [0, 0.05) is 36.0 Å². The van der Waals surface area contributed by atoms with E-state index in [1.165, 1.54) is 0 Å². The zero-order chi connectivity index (χ0) is 18.7. The van der Waals surface area contributed by atoms with E-state index in [4.69, 9.17) is 4.74 Å². The lowest BCUT2D eigenvalue weighted by Gasteiger charge is -2.27. The van der Waals surface area contributed by atoms with Crippen LogP contribution in [0.15, 0.2) is 42.6 Å². The summed E-state index contributed by atoms with van der Waals surface area (Å²) in [6, 6.07) is 10.7. The Balaban J connectivity index is 1.77. The van der Waals surface area contributed by atoms with Crippen molar-refractivity contribution in [1.29, 1.82) is 0 Å². The summed E-state index contributed by atoms with van der Waals surface area (Å²) in [5.41, 5.74) is 2.43. The third-order valence-electron chi connectivity index (χ3n) is 4.66. The molecule has 1 aromatic carbocycles. The second kappa shape index (κ2) is 7.45. The molecule has 1 saturated heterocycles. The van der Waals surface area contributed by atoms with E-state index in [0.717, 1.165) is 11.1 Å². The number of rotatable bonds is 5. The molecule has 0 saturated carbocycles. The molecule has 6 nitrogen and oxygen atoms in total. The van der Waals surface area contributed by atoms with Crippen LogP contribution >= 0.6 is 0 Å². The number of nitrogens with zero attached hydrogens (tertiary/aromatic N) is 2. The first kappa shape index (κ1) is 18.4. The second-order valence-corrected chi connectivity index (χ2v) is 8.54. The molecule has 1 atom stereocenters. The fourth-order valence-corrected chi connectivity index (χ4v) is 4.96. The zero-order valence-electron chi connectivity index (χ0n) is 14.9. The molecule has 0 radical (unpaired) electrons. The molecule has 26 heavy (non-hydrogen) atoms. The molecule has 1 amide bonds. The van der Waals surface area contributed by atoms with E-state index in [9.17, 15) is 13.2 Å². The van der Waals surface area contributed by atoms with Crippen LogP contribution in [0.3, 0.4) is 0 Å². The van der Waals surface area contributed by atoms with Gasteiger partial charge in [0.25, 0.3) is 5.91 Å². The highest BCUT2D eigenvalue weighted by atomic mass is 32.2. The molecule has 1 aromatic heterocycles. The summed E-state index contributed by atoms with van der Waals surface area (Å²) in [6.45, 7) is 2.36. The van der Waals surface area contributed by atoms with Crippen LogP contribution in [0.1, 0.15) is 23.7 Å². The second-order valence-electron chi connectivity index (χ2n) is 6.31. The zero-order valence-corrected chi connectivity index (χ0v) is 15.7. The number of hydrogen-bond acceptors (Lipinski definition) is 5. The number of hydrogen-bond donors (Lipinski definition) is 0. The Hall–Kier alpha value is -2.41. The topological polar surface area (TPSA) is 76.6 Å². The average molecular weight is 374 g/mol. The highest BCUT2D eigenvalue weighted by molar-refractivity contribution is 7.91. The van der Waals surface area contributed by atoms with E-state index >= 15 is 0 Å². The minimum Gasteiger partial charge on any atom is -0.481 e. The van der Waals surface area contributed by atoms with Crippen LogP contribution in [0.5, 0.6) is 5.88 Å². The molecule has 138 valence electrons. The number of benzene rings is 1. The molecule has 7 heteroatoms. The number of pyridine rings is 1. The van der Waals surface area contributed by atoms with Gasteiger partial charge in [0.15, 0.2) is 9.84 Å². The highest BCUT2D eigenvalue weighted by Crippen LogP contribution is 2.23. The quantitative estimate of drug-likeness (QED) is 0.803. The molecule has 1 fully saturated rings. The molecule has 0 aliphatic carbocycles. The van der Waals surface area contributed by atoms with Gasteiger partial charge in [0.1, 0.15) is 0 Å². The van der Waals surface area contributed by atoms with Crippen molar-refractivity contribution < 1.29 is 17.9 Å². The van der Waals surface area contributed by atoms with Gasteiger partial charge < -0.3 is 9.64 Å². The summed E-state index contributed by atoms with van der Waals surface area (Å²) in [7, 11) is -1.46. The maximum absolute atomic E-state index is 12.8. The van der Waals surface area contributed by atoms with E-state index < -0.39 is 9.84 Å². The van der Waals surface area contributed by atoms with Gasteiger partial charge in [0.05, 0.1) is 18.6 Å². The van der Waals surface area contributed by atoms with Crippen LogP contribution in [0.2, 0.25) is 0 Å². The van der Waals surface area contributed by atoms with Crippen LogP contribution in [0, 0.1) is 0 Å². The van der Waals surface area contributed by atoms with Gasteiger partial charge in [-0.2, -0.15) is 0 Å². The van der Waals surface area contributed by atoms with Crippen molar-refractivity contribution in [3.05, 3.63) is 48.2 Å². The molecule has 0 spiro atoms. The lowest BCUT2D eigenvalue weighted by molar-refractivity contribution is 0.0708. The Morgan fingerprint density at radius 2 is 1.88 bits per heavy atom. The number of methoxy groups -OCH3 is 1. The maximum Gasteiger partial charge on any atom is 0.254 e. The molecule has 0 bridgehead atoms. The minimum absolute atomic E-state index is 0.0577. The average Bonchev–Trinajstić information content (AvgIpc) is 3.02. The largest absolute Gasteiger partial charge is 0.481 e. The summed E-state index contributed by atoms with van der Waals surface area (Å²) in [4.78, 5) is 18.7. The van der Waals surface area contributed by atoms with E-state index in [2.05, 4.69) is 4.98 Å². The van der Waals surface area contributed by atoms with Crippen LogP contribution in [0.4, 0.5) is 0 Å². The number of aromatic nitrogens is 1. The normalized spacial score (nSPS) is 18.5. The van der Waals surface area contributed by atoms with Crippen LogP contribution in [0.25, 0.3) is 11.1 Å². The van der Waals surface area contributed by atoms with E-state index in [1.54, 1.807) is 36.4 Å². The van der Waals surface area contributed by atoms with Gasteiger partial charge in [0.2, 0.25) is 5.88 Å². The Morgan fingerprint density at radius 3 is 2.38 bits per heavy atom. The maximum atomic E-state index is 12.8. The van der Waals surface area contributed by atoms with E-state index in [0.29, 0.717) is 24.4 Å². The van der Waals surface area contributed by atoms with Gasteiger partial charge in [-0.15, -0.1) is 0 Å². The highest BCUT2D eigenvalue weighted by Gasteiger charge is 2.34. The Kier molecular flexibility index (Phi) is 5.27. The minimum atomic E-state index is -3.03. The number of carbonyl (C=O) groups is 1. The van der Waals surface area contributed by atoms with Gasteiger partial charge in [-0.3, -0.25) is 4.79 Å². The third-order valence-corrected chi connectivity index (χ3v) is 6.41. The van der Waals surface area contributed by atoms with Crippen LogP contribution in [-0.2, 0) is 9.84 Å². The predicted octanol–water partition coefficient (Wildman–Crippen LogP) is 2.41. The summed E-state index contributed by atoms with van der Waals surface area (Å²) in [5.74, 6) is 0.632. The van der Waals surface area contributed by atoms with Crippen molar-refractivity contribution in [3.63, 3.8) is 0 Å². The van der Waals surface area contributed by atoms with Crippen molar-refractivity contribution in [3.8, 4) is 17.0 Å². The van der Waals surface area contributed by atoms with Gasteiger partial charge in [-0.05, 0) is 37.1 Å². The van der Waals surface area contributed by atoms with Crippen LogP contribution < -0.4 is 4.74 Å². The molecule has 1 unspecified atom stereocenters. The first-order valence-electron chi connectivity index (χ1n) is 8.55. The molecule has 2 heterocycles. The molecular formula is C19H22N2O4S. The summed E-state index contributed by atoms with van der Waals surface area (Å²) in [5, 5.41) is 0. The number of carbonyl (C=O) groups excluding carboxylic acids is 1. The monoisotopic (exact) mass is 374 g/mol. The SMILES string of the molecule is CCN(C(=O)c1ccc(-c2ccc(OC)nc2)cc1)C1CCS(=O)(=O)C1. The molecule has 1 aliphatic rings. The first-order valence-corrected chi connectivity index (χ1v) is 10.4. The van der Waals surface area contributed by atoms with Gasteiger partial charge >= 0.3 is 0 Å². The fraction of sp³-hybridized carbons (Fsp3) is 0.368. The van der Waals surface area contributed by atoms with E-state index in [1.807, 2.05) is 25.1 Å². The Bertz CT molecular complexity index is 877. The summed E-state index contributed by atoms with van der Waals surface area (Å²) < 4.78 is 28.5. The van der Waals surface area contributed by atoms with Crippen molar-refractivity contribution >= 4 is 15.7 Å². The third kappa shape index (κ3) is 3.88. The van der Waals surface area contributed by atoms with E-state index in [-0.39, 0.29) is 23.5 Å². The fourth-order valence-electron chi connectivity index (χ4n) is 3.23.